The number of azide groups is 1. The van der Waals surface area contributed by atoms with Gasteiger partial charge in [-0.05, 0) is 72.7 Å². The number of hydrogen-bond acceptors (Lipinski definition) is 11. The Morgan fingerprint density at radius 1 is 1.16 bits per heavy atom. The second kappa shape index (κ2) is 15.3. The molecule has 0 saturated carbocycles. The van der Waals surface area contributed by atoms with E-state index in [2.05, 4.69) is 10.0 Å². The van der Waals surface area contributed by atoms with Gasteiger partial charge in [-0.3, -0.25) is 9.59 Å². The van der Waals surface area contributed by atoms with Crippen molar-refractivity contribution < 1.29 is 43.9 Å². The number of ketones is 1. The maximum Gasteiger partial charge on any atom is 0.311 e. The zero-order chi connectivity index (χ0) is 32.9. The summed E-state index contributed by atoms with van der Waals surface area (Å²) in [5.74, 6) is -3.68. The van der Waals surface area contributed by atoms with Crippen LogP contribution in [0.3, 0.4) is 0 Å². The summed E-state index contributed by atoms with van der Waals surface area (Å²) in [4.78, 5) is 31.8. The van der Waals surface area contributed by atoms with Gasteiger partial charge in [-0.2, -0.15) is 0 Å². The molecule has 0 amide bonds. The van der Waals surface area contributed by atoms with Crippen LogP contribution >= 0.6 is 0 Å². The lowest BCUT2D eigenvalue weighted by molar-refractivity contribution is -0.301. The highest BCUT2D eigenvalue weighted by Gasteiger charge is 2.49. The summed E-state index contributed by atoms with van der Waals surface area (Å²) in [5.41, 5.74) is 6.02. The van der Waals surface area contributed by atoms with Gasteiger partial charge in [0.2, 0.25) is 0 Å². The predicted octanol–water partition coefficient (Wildman–Crippen LogP) is 2.75. The number of cyclic esters (lactones) is 1. The fourth-order valence-corrected chi connectivity index (χ4v) is 6.34. The number of methoxy groups -OCH3 is 1. The minimum Gasteiger partial charge on any atom is -0.459 e. The first-order chi connectivity index (χ1) is 19.9. The molecule has 0 aromatic rings. The molecule has 1 fully saturated rings. The van der Waals surface area contributed by atoms with Gasteiger partial charge >= 0.3 is 5.97 Å². The van der Waals surface area contributed by atoms with Gasteiger partial charge in [0.1, 0.15) is 17.8 Å². The number of aliphatic hydroxyl groups excluding tert-OH is 2. The van der Waals surface area contributed by atoms with Crippen molar-refractivity contribution in [2.24, 2.45) is 22.9 Å². The van der Waals surface area contributed by atoms with E-state index in [-0.39, 0.29) is 37.1 Å². The molecular formula is C30H52N4O9. The van der Waals surface area contributed by atoms with Crippen molar-refractivity contribution in [3.8, 4) is 0 Å². The Bertz CT molecular complexity index is 1050. The van der Waals surface area contributed by atoms with E-state index in [9.17, 15) is 24.9 Å². The van der Waals surface area contributed by atoms with Crippen LogP contribution in [0.15, 0.2) is 16.8 Å². The minimum atomic E-state index is -1.77. The van der Waals surface area contributed by atoms with E-state index < -0.39 is 71.4 Å². The highest BCUT2D eigenvalue weighted by atomic mass is 16.7. The first kappa shape index (κ1) is 37.1. The summed E-state index contributed by atoms with van der Waals surface area (Å²) in [6.07, 6.45) is -3.51. The summed E-state index contributed by atoms with van der Waals surface area (Å²) in [5, 5.41) is 37.7. The number of rotatable bonds is 7. The smallest absolute Gasteiger partial charge is 0.311 e. The van der Waals surface area contributed by atoms with Gasteiger partial charge in [0.15, 0.2) is 12.1 Å². The summed E-state index contributed by atoms with van der Waals surface area (Å²) in [6.45, 7) is 11.4. The number of ether oxygens (including phenoxy) is 4. The lowest BCUT2D eigenvalue weighted by atomic mass is 9.76. The molecule has 246 valence electrons. The fraction of sp³-hybridized carbons (Fsp3) is 0.867. The molecule has 2 rings (SSSR count). The Hall–Kier alpha value is -2.09. The van der Waals surface area contributed by atoms with Crippen LogP contribution in [0.1, 0.15) is 67.7 Å². The number of hydrogen-bond donors (Lipinski definition) is 3. The standard InChI is InChI=1S/C30H52N4O9/c1-11-22-29(6,39)14-20(15-32-33-31)23(35)16(2)13-30(7,40-10)26(18(4)24(36)19(5)27(38)42-22)43-28-25(37)21(34(8)9)12-17(3)41-28/h14,16-19,21-22,24-26,28,36-37,39H,11-13,15H2,1-10H3/b20-14+/t16-,17-,18+,19-,21+,22-,24+,25-,26-,28+,29+,30+/m1/s1. The molecule has 2 aliphatic rings. The van der Waals surface area contributed by atoms with Crippen molar-refractivity contribution in [3.63, 3.8) is 0 Å². The van der Waals surface area contributed by atoms with Crippen molar-refractivity contribution in [2.45, 2.75) is 122 Å². The SMILES string of the molecule is CC[C@H]1OC(=O)[C@H](C)[C@@H](O)[C@H](C)[C@@H](O[C@@H]2O[C@H](C)C[C@H](N(C)C)[C@H]2O)[C@@](C)(OC)C[C@@H](C)C(=O)/C(CN=[N+]=[N-])=C/[C@]1(C)O. The number of carbonyl (C=O) groups excluding carboxylic acids is 2. The normalized spacial score (nSPS) is 43.3. The molecule has 0 spiro atoms. The number of likely N-dealkylation sites (N-methyl/N-ethyl adjacent to an activating group) is 1. The van der Waals surface area contributed by atoms with Crippen LogP contribution in [0.2, 0.25) is 0 Å². The van der Waals surface area contributed by atoms with Crippen molar-refractivity contribution in [3.05, 3.63) is 22.1 Å². The van der Waals surface area contributed by atoms with E-state index in [0.717, 1.165) is 0 Å². The number of esters is 1. The molecule has 1 saturated heterocycles. The molecule has 2 aliphatic heterocycles. The van der Waals surface area contributed by atoms with Crippen molar-refractivity contribution >= 4 is 11.8 Å². The van der Waals surface area contributed by atoms with Crippen LogP contribution in [0.25, 0.3) is 10.4 Å². The van der Waals surface area contributed by atoms with Crippen LogP contribution in [0.5, 0.6) is 0 Å². The Balaban J connectivity index is 2.68. The van der Waals surface area contributed by atoms with E-state index in [0.29, 0.717) is 6.42 Å². The first-order valence-electron chi connectivity index (χ1n) is 15.0. The monoisotopic (exact) mass is 612 g/mol. The molecule has 13 heteroatoms. The first-order valence-corrected chi connectivity index (χ1v) is 15.0. The van der Waals surface area contributed by atoms with E-state index >= 15 is 0 Å². The largest absolute Gasteiger partial charge is 0.459 e. The molecular weight excluding hydrogens is 560 g/mol. The van der Waals surface area contributed by atoms with Crippen LogP contribution in [0, 0.1) is 17.8 Å². The zero-order valence-corrected chi connectivity index (χ0v) is 27.3. The summed E-state index contributed by atoms with van der Waals surface area (Å²) in [7, 11) is 5.18. The third-order valence-electron chi connectivity index (χ3n) is 9.05. The number of carbonyl (C=O) groups is 2. The maximum absolute atomic E-state index is 13.8. The molecule has 12 atom stereocenters. The van der Waals surface area contributed by atoms with Crippen molar-refractivity contribution in [2.75, 3.05) is 27.7 Å². The van der Waals surface area contributed by atoms with Gasteiger partial charge in [-0.25, -0.2) is 0 Å². The van der Waals surface area contributed by atoms with Gasteiger partial charge in [0, 0.05) is 35.5 Å². The van der Waals surface area contributed by atoms with Crippen LogP contribution in [-0.2, 0) is 28.5 Å². The molecule has 43 heavy (non-hydrogen) atoms. The molecule has 0 aromatic heterocycles. The molecule has 0 aromatic carbocycles. The van der Waals surface area contributed by atoms with Gasteiger partial charge in [0.05, 0.1) is 36.4 Å². The molecule has 0 aliphatic carbocycles. The van der Waals surface area contributed by atoms with Gasteiger partial charge in [-0.15, -0.1) is 0 Å². The Labute approximate surface area is 255 Å². The minimum absolute atomic E-state index is 0.0626. The molecule has 0 bridgehead atoms. The summed E-state index contributed by atoms with van der Waals surface area (Å²) < 4.78 is 24.3. The lowest BCUT2D eigenvalue weighted by Gasteiger charge is -2.47. The molecule has 13 nitrogen and oxygen atoms in total. The third kappa shape index (κ3) is 8.76. The van der Waals surface area contributed by atoms with Crippen LogP contribution in [0.4, 0.5) is 0 Å². The van der Waals surface area contributed by atoms with E-state index in [1.54, 1.807) is 27.7 Å². The van der Waals surface area contributed by atoms with E-state index in [1.807, 2.05) is 25.9 Å². The van der Waals surface area contributed by atoms with Gasteiger partial charge in [0.25, 0.3) is 0 Å². The zero-order valence-electron chi connectivity index (χ0n) is 27.3. The maximum atomic E-state index is 13.8. The van der Waals surface area contributed by atoms with Crippen molar-refractivity contribution in [1.82, 2.24) is 4.90 Å². The van der Waals surface area contributed by atoms with Gasteiger partial charge in [-0.1, -0.05) is 25.9 Å². The van der Waals surface area contributed by atoms with Gasteiger partial charge < -0.3 is 39.2 Å². The average molecular weight is 613 g/mol. The summed E-state index contributed by atoms with van der Waals surface area (Å²) in [6, 6.07) is -0.261. The molecule has 2 heterocycles. The summed E-state index contributed by atoms with van der Waals surface area (Å²) >= 11 is 0. The average Bonchev–Trinajstić information content (AvgIpc) is 2.95. The second-order valence-electron chi connectivity index (χ2n) is 12.9. The Morgan fingerprint density at radius 2 is 1.79 bits per heavy atom. The fourth-order valence-electron chi connectivity index (χ4n) is 6.34. The van der Waals surface area contributed by atoms with Crippen LogP contribution < -0.4 is 0 Å². The van der Waals surface area contributed by atoms with Crippen molar-refractivity contribution in [1.29, 1.82) is 0 Å². The molecule has 0 unspecified atom stereocenters. The topological polar surface area (TPSA) is 184 Å². The lowest BCUT2D eigenvalue weighted by Crippen LogP contribution is -2.59. The second-order valence-corrected chi connectivity index (χ2v) is 12.9. The number of nitrogens with zero attached hydrogens (tertiary/aromatic N) is 4. The highest BCUT2D eigenvalue weighted by molar-refractivity contribution is 5.97. The third-order valence-corrected chi connectivity index (χ3v) is 9.05. The van der Waals surface area contributed by atoms with E-state index in [4.69, 9.17) is 24.5 Å². The highest BCUT2D eigenvalue weighted by Crippen LogP contribution is 2.38. The Morgan fingerprint density at radius 3 is 2.33 bits per heavy atom. The number of Topliss-reactive ketones (excluding diaryl/α,β-unsaturated/α-hetero) is 1. The predicted molar refractivity (Wildman–Crippen MR) is 159 cm³/mol. The van der Waals surface area contributed by atoms with E-state index in [1.165, 1.54) is 27.0 Å². The quantitative estimate of drug-likeness (QED) is 0.167. The molecule has 0 radical (unpaired) electrons. The van der Waals surface area contributed by atoms with Crippen LogP contribution in [-0.4, -0.2) is 114 Å². The number of aliphatic hydroxyl groups is 3. The molecule has 3 N–H and O–H groups in total. The Kier molecular flexibility index (Phi) is 13.2.